The summed E-state index contributed by atoms with van der Waals surface area (Å²) in [5, 5.41) is 3.36. The van der Waals surface area contributed by atoms with E-state index in [1.54, 1.807) is 6.33 Å². The summed E-state index contributed by atoms with van der Waals surface area (Å²) in [5.41, 5.74) is 4.35. The molecular formula is C16H15N3. The Kier molecular flexibility index (Phi) is 3.28. The quantitative estimate of drug-likeness (QED) is 0.740. The van der Waals surface area contributed by atoms with Crippen molar-refractivity contribution in [3.05, 3.63) is 66.5 Å². The first-order valence-corrected chi connectivity index (χ1v) is 6.30. The number of nitrogens with one attached hydrogen (secondary N) is 2. The van der Waals surface area contributed by atoms with Gasteiger partial charge in [0.1, 0.15) is 0 Å². The van der Waals surface area contributed by atoms with Crippen molar-refractivity contribution in [1.82, 2.24) is 9.97 Å². The predicted octanol–water partition coefficient (Wildman–Crippen LogP) is 3.69. The minimum Gasteiger partial charge on any atom is -0.381 e. The number of aromatic amines is 1. The number of aromatic nitrogens is 2. The summed E-state index contributed by atoms with van der Waals surface area (Å²) < 4.78 is 0. The van der Waals surface area contributed by atoms with Gasteiger partial charge in [0.2, 0.25) is 0 Å². The second kappa shape index (κ2) is 5.40. The highest BCUT2D eigenvalue weighted by Crippen LogP contribution is 2.15. The number of rotatable bonds is 4. The molecule has 0 spiro atoms. The Morgan fingerprint density at radius 3 is 2.89 bits per heavy atom. The number of anilines is 1. The van der Waals surface area contributed by atoms with Gasteiger partial charge in [-0.3, -0.25) is 0 Å². The average molecular weight is 249 g/mol. The van der Waals surface area contributed by atoms with Gasteiger partial charge in [0, 0.05) is 12.2 Å². The lowest BCUT2D eigenvalue weighted by Gasteiger charge is -2.02. The minimum absolute atomic E-state index is 0.800. The maximum atomic E-state index is 4.20. The Balaban J connectivity index is 1.61. The van der Waals surface area contributed by atoms with Gasteiger partial charge in [-0.25, -0.2) is 4.98 Å². The van der Waals surface area contributed by atoms with Crippen LogP contribution in [0.15, 0.2) is 60.9 Å². The first-order chi connectivity index (χ1) is 9.42. The van der Waals surface area contributed by atoms with E-state index in [1.165, 1.54) is 5.56 Å². The van der Waals surface area contributed by atoms with Crippen LogP contribution in [-0.2, 0) is 0 Å². The van der Waals surface area contributed by atoms with E-state index < -0.39 is 0 Å². The number of benzene rings is 2. The van der Waals surface area contributed by atoms with Crippen molar-refractivity contribution in [2.45, 2.75) is 0 Å². The Hall–Kier alpha value is -2.55. The smallest absolute Gasteiger partial charge is 0.0931 e. The number of imidazole rings is 1. The highest BCUT2D eigenvalue weighted by molar-refractivity contribution is 5.78. The maximum absolute atomic E-state index is 4.20. The molecule has 0 amide bonds. The Morgan fingerprint density at radius 2 is 2.00 bits per heavy atom. The van der Waals surface area contributed by atoms with Gasteiger partial charge in [0.05, 0.1) is 17.4 Å². The highest BCUT2D eigenvalue weighted by atomic mass is 14.9. The van der Waals surface area contributed by atoms with Crippen molar-refractivity contribution >= 4 is 22.8 Å². The van der Waals surface area contributed by atoms with Crippen molar-refractivity contribution in [2.75, 3.05) is 11.9 Å². The maximum Gasteiger partial charge on any atom is 0.0931 e. The summed E-state index contributed by atoms with van der Waals surface area (Å²) in [6, 6.07) is 16.4. The van der Waals surface area contributed by atoms with Crippen LogP contribution in [0.25, 0.3) is 17.1 Å². The number of nitrogens with zero attached hydrogens (tertiary/aromatic N) is 1. The molecule has 0 saturated carbocycles. The first kappa shape index (κ1) is 11.5. The van der Waals surface area contributed by atoms with E-state index in [0.29, 0.717) is 0 Å². The van der Waals surface area contributed by atoms with Crippen LogP contribution in [0, 0.1) is 0 Å². The zero-order chi connectivity index (χ0) is 12.9. The second-order valence-electron chi connectivity index (χ2n) is 4.33. The molecule has 0 radical (unpaired) electrons. The second-order valence-corrected chi connectivity index (χ2v) is 4.33. The van der Waals surface area contributed by atoms with E-state index in [2.05, 4.69) is 45.6 Å². The van der Waals surface area contributed by atoms with Gasteiger partial charge in [-0.05, 0) is 23.8 Å². The number of hydrogen-bond acceptors (Lipinski definition) is 2. The monoisotopic (exact) mass is 249 g/mol. The number of H-pyrrole nitrogens is 1. The van der Waals surface area contributed by atoms with Crippen LogP contribution in [0.2, 0.25) is 0 Å². The molecule has 94 valence electrons. The van der Waals surface area contributed by atoms with Crippen LogP contribution in [-0.4, -0.2) is 16.5 Å². The van der Waals surface area contributed by atoms with Gasteiger partial charge >= 0.3 is 0 Å². The predicted molar refractivity (Wildman–Crippen MR) is 80.1 cm³/mol. The first-order valence-electron chi connectivity index (χ1n) is 6.30. The summed E-state index contributed by atoms with van der Waals surface area (Å²) in [7, 11) is 0. The Labute approximate surface area is 112 Å². The lowest BCUT2D eigenvalue weighted by molar-refractivity contribution is 1.34. The SMILES string of the molecule is C(=Cc1ccccc1)CNc1ccc2nc[nH]c2c1. The van der Waals surface area contributed by atoms with Crippen molar-refractivity contribution in [3.63, 3.8) is 0 Å². The average Bonchev–Trinajstić information content (AvgIpc) is 2.92. The van der Waals surface area contributed by atoms with Crippen LogP contribution in [0.1, 0.15) is 5.56 Å². The summed E-state index contributed by atoms with van der Waals surface area (Å²) in [6.45, 7) is 0.800. The largest absolute Gasteiger partial charge is 0.381 e. The van der Waals surface area contributed by atoms with Crippen LogP contribution in [0.3, 0.4) is 0 Å². The molecule has 0 atom stereocenters. The third-order valence-corrected chi connectivity index (χ3v) is 2.95. The van der Waals surface area contributed by atoms with Crippen LogP contribution >= 0.6 is 0 Å². The summed E-state index contributed by atoms with van der Waals surface area (Å²) in [6.07, 6.45) is 5.94. The molecule has 2 aromatic carbocycles. The third kappa shape index (κ3) is 2.83. The zero-order valence-electron chi connectivity index (χ0n) is 10.5. The molecule has 0 aliphatic heterocycles. The van der Waals surface area contributed by atoms with Crippen molar-refractivity contribution in [1.29, 1.82) is 0 Å². The summed E-state index contributed by atoms with van der Waals surface area (Å²) in [5.74, 6) is 0. The zero-order valence-corrected chi connectivity index (χ0v) is 10.5. The van der Waals surface area contributed by atoms with Gasteiger partial charge in [-0.2, -0.15) is 0 Å². The number of hydrogen-bond donors (Lipinski definition) is 2. The van der Waals surface area contributed by atoms with Crippen LogP contribution in [0.5, 0.6) is 0 Å². The molecule has 0 aliphatic carbocycles. The van der Waals surface area contributed by atoms with E-state index in [9.17, 15) is 0 Å². The van der Waals surface area contributed by atoms with Crippen LogP contribution in [0.4, 0.5) is 5.69 Å². The molecule has 0 aliphatic rings. The van der Waals surface area contributed by atoms with Gasteiger partial charge in [0.15, 0.2) is 0 Å². The Bertz CT molecular complexity index is 683. The topological polar surface area (TPSA) is 40.7 Å². The lowest BCUT2D eigenvalue weighted by Crippen LogP contribution is -1.97. The minimum atomic E-state index is 0.800. The fourth-order valence-electron chi connectivity index (χ4n) is 1.98. The van der Waals surface area contributed by atoms with Gasteiger partial charge in [-0.1, -0.05) is 42.5 Å². The molecule has 0 unspecified atom stereocenters. The van der Waals surface area contributed by atoms with Gasteiger partial charge in [-0.15, -0.1) is 0 Å². The van der Waals surface area contributed by atoms with E-state index >= 15 is 0 Å². The Morgan fingerprint density at radius 1 is 1.11 bits per heavy atom. The standard InChI is InChI=1S/C16H15N3/c1-2-5-13(6-3-1)7-4-10-17-14-8-9-15-16(11-14)19-12-18-15/h1-9,11-12,17H,10H2,(H,18,19). The fourth-order valence-corrected chi connectivity index (χ4v) is 1.98. The lowest BCUT2D eigenvalue weighted by atomic mass is 10.2. The van der Waals surface area contributed by atoms with E-state index in [0.717, 1.165) is 23.3 Å². The van der Waals surface area contributed by atoms with Crippen LogP contribution < -0.4 is 5.32 Å². The molecule has 0 fully saturated rings. The van der Waals surface area contributed by atoms with Gasteiger partial charge < -0.3 is 10.3 Å². The molecule has 3 aromatic rings. The normalized spacial score (nSPS) is 11.2. The molecule has 19 heavy (non-hydrogen) atoms. The molecule has 2 N–H and O–H groups in total. The molecular weight excluding hydrogens is 234 g/mol. The van der Waals surface area contributed by atoms with Crippen molar-refractivity contribution in [2.24, 2.45) is 0 Å². The summed E-state index contributed by atoms with van der Waals surface area (Å²) in [4.78, 5) is 7.31. The summed E-state index contributed by atoms with van der Waals surface area (Å²) >= 11 is 0. The van der Waals surface area contributed by atoms with E-state index in [-0.39, 0.29) is 0 Å². The van der Waals surface area contributed by atoms with E-state index in [1.807, 2.05) is 30.3 Å². The third-order valence-electron chi connectivity index (χ3n) is 2.95. The highest BCUT2D eigenvalue weighted by Gasteiger charge is 1.96. The fraction of sp³-hybridized carbons (Fsp3) is 0.0625. The van der Waals surface area contributed by atoms with Gasteiger partial charge in [0.25, 0.3) is 0 Å². The van der Waals surface area contributed by atoms with Crippen molar-refractivity contribution < 1.29 is 0 Å². The molecule has 1 aromatic heterocycles. The van der Waals surface area contributed by atoms with Crippen molar-refractivity contribution in [3.8, 4) is 0 Å². The molecule has 1 heterocycles. The number of fused-ring (bicyclic) bond motifs is 1. The molecule has 3 nitrogen and oxygen atoms in total. The molecule has 3 rings (SSSR count). The molecule has 3 heteroatoms. The van der Waals surface area contributed by atoms with E-state index in [4.69, 9.17) is 0 Å². The molecule has 0 bridgehead atoms. The molecule has 0 saturated heterocycles.